The smallest absolute Gasteiger partial charge is 0.331 e. The molecule has 0 aliphatic carbocycles. The molecule has 1 atom stereocenters. The molecular formula is C17H17N3O5S. The van der Waals surface area contributed by atoms with Crippen molar-refractivity contribution in [1.29, 1.82) is 0 Å². The van der Waals surface area contributed by atoms with E-state index in [-0.39, 0.29) is 17.9 Å². The van der Waals surface area contributed by atoms with E-state index in [1.54, 1.807) is 0 Å². The molecule has 1 aromatic carbocycles. The van der Waals surface area contributed by atoms with Crippen molar-refractivity contribution in [1.82, 2.24) is 9.55 Å². The molecule has 0 spiro atoms. The summed E-state index contributed by atoms with van der Waals surface area (Å²) in [4.78, 5) is 30.1. The van der Waals surface area contributed by atoms with Gasteiger partial charge in [0.15, 0.2) is 9.84 Å². The van der Waals surface area contributed by atoms with Crippen LogP contribution in [0.5, 0.6) is 5.88 Å². The largest absolute Gasteiger partial charge is 0.494 e. The molecule has 1 aromatic heterocycles. The Morgan fingerprint density at radius 1 is 1.27 bits per heavy atom. The van der Waals surface area contributed by atoms with Gasteiger partial charge in [0.1, 0.15) is 5.56 Å². The van der Waals surface area contributed by atoms with Crippen LogP contribution in [-0.2, 0) is 22.8 Å². The van der Waals surface area contributed by atoms with Crippen molar-refractivity contribution in [2.24, 2.45) is 4.99 Å². The third kappa shape index (κ3) is 3.99. The van der Waals surface area contributed by atoms with Crippen LogP contribution < -0.4 is 11.2 Å². The Labute approximate surface area is 149 Å². The molecule has 0 amide bonds. The number of benzene rings is 1. The van der Waals surface area contributed by atoms with Gasteiger partial charge < -0.3 is 5.11 Å². The second-order valence-corrected chi connectivity index (χ2v) is 7.82. The minimum absolute atomic E-state index is 0.171. The fourth-order valence-corrected chi connectivity index (χ4v) is 3.81. The van der Waals surface area contributed by atoms with Crippen LogP contribution >= 0.6 is 0 Å². The summed E-state index contributed by atoms with van der Waals surface area (Å²) in [5, 5.41) is 11.4. The van der Waals surface area contributed by atoms with Gasteiger partial charge in [-0.3, -0.25) is 19.3 Å². The van der Waals surface area contributed by atoms with Crippen LogP contribution in [0, 0.1) is 0 Å². The van der Waals surface area contributed by atoms with Gasteiger partial charge in [-0.1, -0.05) is 30.3 Å². The molecule has 8 nitrogen and oxygen atoms in total. The summed E-state index contributed by atoms with van der Waals surface area (Å²) >= 11 is 0. The standard InChI is InChI=1S/C17H17N3O5S/c21-15-14(10-18-13-7-9-26(24,25)11-13)16(22)20(17(23)19-15)8-6-12-4-2-1-3-5-12/h1-5,7,9-10,13,22H,6,8,11H2,(H,19,21,23). The Kier molecular flexibility index (Phi) is 4.90. The van der Waals surface area contributed by atoms with Crippen molar-refractivity contribution in [2.45, 2.75) is 19.0 Å². The van der Waals surface area contributed by atoms with Crippen LogP contribution in [0.4, 0.5) is 0 Å². The van der Waals surface area contributed by atoms with Crippen LogP contribution in [0.1, 0.15) is 11.1 Å². The summed E-state index contributed by atoms with van der Waals surface area (Å²) in [5.41, 5.74) is -0.710. The number of sulfone groups is 1. The molecule has 3 rings (SSSR count). The SMILES string of the molecule is O=c1[nH]c(=O)n(CCc2ccccc2)c(O)c1C=NC1C=CS(=O)(=O)C1. The zero-order valence-electron chi connectivity index (χ0n) is 13.7. The lowest BCUT2D eigenvalue weighted by atomic mass is 10.1. The Bertz CT molecular complexity index is 1080. The van der Waals surface area contributed by atoms with E-state index >= 15 is 0 Å². The van der Waals surface area contributed by atoms with Gasteiger partial charge in [0, 0.05) is 18.2 Å². The highest BCUT2D eigenvalue weighted by Crippen LogP contribution is 2.13. The zero-order valence-corrected chi connectivity index (χ0v) is 14.5. The van der Waals surface area contributed by atoms with Crippen molar-refractivity contribution in [3.8, 4) is 5.88 Å². The van der Waals surface area contributed by atoms with Crippen molar-refractivity contribution >= 4 is 16.1 Å². The normalized spacial score (nSPS) is 18.5. The van der Waals surface area contributed by atoms with Crippen LogP contribution in [0.2, 0.25) is 0 Å². The van der Waals surface area contributed by atoms with E-state index in [1.807, 2.05) is 30.3 Å². The first-order valence-corrected chi connectivity index (χ1v) is 9.61. The molecule has 2 heterocycles. The molecule has 1 aliphatic heterocycles. The van der Waals surface area contributed by atoms with Gasteiger partial charge in [-0.05, 0) is 18.1 Å². The summed E-state index contributed by atoms with van der Waals surface area (Å²) in [6.07, 6.45) is 2.99. The number of nitrogens with one attached hydrogen (secondary N) is 1. The van der Waals surface area contributed by atoms with Gasteiger partial charge in [-0.2, -0.15) is 0 Å². The predicted octanol–water partition coefficient (Wildman–Crippen LogP) is 0.214. The number of nitrogens with zero attached hydrogens (tertiary/aromatic N) is 2. The Morgan fingerprint density at radius 3 is 2.65 bits per heavy atom. The topological polar surface area (TPSA) is 122 Å². The number of aromatic nitrogens is 2. The van der Waals surface area contributed by atoms with Crippen LogP contribution in [0.25, 0.3) is 0 Å². The third-order valence-corrected chi connectivity index (χ3v) is 5.36. The van der Waals surface area contributed by atoms with Gasteiger partial charge in [0.25, 0.3) is 5.56 Å². The van der Waals surface area contributed by atoms with E-state index in [0.29, 0.717) is 6.42 Å². The number of aryl methyl sites for hydroxylation is 1. The number of rotatable bonds is 5. The molecular weight excluding hydrogens is 358 g/mol. The average Bonchev–Trinajstić information content (AvgIpc) is 2.94. The lowest BCUT2D eigenvalue weighted by Crippen LogP contribution is -2.32. The number of aliphatic imine (C=N–C) groups is 1. The van der Waals surface area contributed by atoms with Gasteiger partial charge in [-0.25, -0.2) is 13.2 Å². The number of aromatic hydroxyl groups is 1. The Hall–Kier alpha value is -2.94. The van der Waals surface area contributed by atoms with E-state index < -0.39 is 33.0 Å². The van der Waals surface area contributed by atoms with Crippen LogP contribution in [-0.4, -0.2) is 41.1 Å². The maximum absolute atomic E-state index is 12.0. The predicted molar refractivity (Wildman–Crippen MR) is 97.4 cm³/mol. The van der Waals surface area contributed by atoms with Gasteiger partial charge in [0.2, 0.25) is 5.88 Å². The fourth-order valence-electron chi connectivity index (χ4n) is 2.61. The summed E-state index contributed by atoms with van der Waals surface area (Å²) in [5.74, 6) is -0.682. The minimum Gasteiger partial charge on any atom is -0.494 e. The summed E-state index contributed by atoms with van der Waals surface area (Å²) in [6, 6.07) is 8.77. The highest BCUT2D eigenvalue weighted by molar-refractivity contribution is 7.94. The average molecular weight is 375 g/mol. The Morgan fingerprint density at radius 2 is 2.00 bits per heavy atom. The number of H-pyrrole nitrogens is 1. The summed E-state index contributed by atoms with van der Waals surface area (Å²) in [6.45, 7) is 0.171. The molecule has 0 bridgehead atoms. The first-order chi connectivity index (χ1) is 12.4. The van der Waals surface area contributed by atoms with Crippen LogP contribution in [0.3, 0.4) is 0 Å². The minimum atomic E-state index is -3.27. The third-order valence-electron chi connectivity index (χ3n) is 3.98. The molecule has 0 fully saturated rings. The molecule has 2 N–H and O–H groups in total. The second-order valence-electron chi connectivity index (χ2n) is 5.89. The Balaban J connectivity index is 1.86. The number of aromatic amines is 1. The molecule has 0 saturated carbocycles. The molecule has 136 valence electrons. The van der Waals surface area contributed by atoms with E-state index in [0.717, 1.165) is 21.8 Å². The van der Waals surface area contributed by atoms with E-state index in [9.17, 15) is 23.1 Å². The maximum Gasteiger partial charge on any atom is 0.331 e. The second kappa shape index (κ2) is 7.12. The van der Waals surface area contributed by atoms with Crippen molar-refractivity contribution < 1.29 is 13.5 Å². The summed E-state index contributed by atoms with van der Waals surface area (Å²) in [7, 11) is -3.27. The maximum atomic E-state index is 12.0. The molecule has 0 radical (unpaired) electrons. The molecule has 0 saturated heterocycles. The van der Waals surface area contributed by atoms with E-state index in [4.69, 9.17) is 0 Å². The molecule has 1 aliphatic rings. The molecule has 9 heteroatoms. The van der Waals surface area contributed by atoms with E-state index in [1.165, 1.54) is 6.08 Å². The lowest BCUT2D eigenvalue weighted by molar-refractivity contribution is 0.399. The van der Waals surface area contributed by atoms with Crippen molar-refractivity contribution in [3.05, 3.63) is 73.8 Å². The van der Waals surface area contributed by atoms with Crippen LogP contribution in [0.15, 0.2) is 56.4 Å². The summed E-state index contributed by atoms with van der Waals surface area (Å²) < 4.78 is 23.8. The lowest BCUT2D eigenvalue weighted by Gasteiger charge is -2.10. The van der Waals surface area contributed by atoms with Gasteiger partial charge >= 0.3 is 5.69 Å². The number of hydrogen-bond acceptors (Lipinski definition) is 6. The molecule has 26 heavy (non-hydrogen) atoms. The monoisotopic (exact) mass is 375 g/mol. The molecule has 1 unspecified atom stereocenters. The van der Waals surface area contributed by atoms with Gasteiger partial charge in [0.05, 0.1) is 11.8 Å². The fraction of sp³-hybridized carbons (Fsp3) is 0.235. The zero-order chi connectivity index (χ0) is 18.7. The highest BCUT2D eigenvalue weighted by Gasteiger charge is 2.21. The number of hydrogen-bond donors (Lipinski definition) is 2. The van der Waals surface area contributed by atoms with Crippen molar-refractivity contribution in [2.75, 3.05) is 5.75 Å². The van der Waals surface area contributed by atoms with E-state index in [2.05, 4.69) is 9.98 Å². The molecule has 2 aromatic rings. The quantitative estimate of drug-likeness (QED) is 0.724. The first-order valence-electron chi connectivity index (χ1n) is 7.90. The first kappa shape index (κ1) is 17.9. The highest BCUT2D eigenvalue weighted by atomic mass is 32.2. The van der Waals surface area contributed by atoms with Gasteiger partial charge in [-0.15, -0.1) is 0 Å². The van der Waals surface area contributed by atoms with Crippen molar-refractivity contribution in [3.63, 3.8) is 0 Å².